The van der Waals surface area contributed by atoms with Crippen LogP contribution in [0.1, 0.15) is 34.5 Å². The van der Waals surface area contributed by atoms with Gasteiger partial charge in [-0.15, -0.1) is 11.3 Å². The van der Waals surface area contributed by atoms with Crippen LogP contribution in [0.4, 0.5) is 9.93 Å². The van der Waals surface area contributed by atoms with Crippen LogP contribution in [0, 0.1) is 0 Å². The molecule has 1 aliphatic carbocycles. The highest BCUT2D eigenvalue weighted by Gasteiger charge is 2.29. The van der Waals surface area contributed by atoms with Crippen LogP contribution in [0.3, 0.4) is 0 Å². The molecule has 0 aliphatic heterocycles. The van der Waals surface area contributed by atoms with E-state index in [1.165, 1.54) is 12.3 Å². The van der Waals surface area contributed by atoms with Crippen molar-refractivity contribution in [3.63, 3.8) is 0 Å². The van der Waals surface area contributed by atoms with Crippen LogP contribution in [-0.4, -0.2) is 40.7 Å². The van der Waals surface area contributed by atoms with Crippen molar-refractivity contribution in [3.8, 4) is 11.1 Å². The summed E-state index contributed by atoms with van der Waals surface area (Å²) in [5, 5.41) is 15.3. The summed E-state index contributed by atoms with van der Waals surface area (Å²) < 4.78 is 5.45. The van der Waals surface area contributed by atoms with Gasteiger partial charge in [0.05, 0.1) is 0 Å². The standard InChI is InChI=1S/C22H19N3O5S/c1-12(20(27)28)23-19(26)18-11-31-21(24-18)25-22(29)30-10-17-15-8-4-2-6-13(15)14-7-3-5-9-16(14)17/h2-9,11-12,17H,10H2,1H3,(H,23,26)(H,27,28)(H,24,25,29)/t12-/m0/s1. The second-order valence-corrected chi connectivity index (χ2v) is 7.88. The number of carboxylic acids is 1. The monoisotopic (exact) mass is 437 g/mol. The fourth-order valence-corrected chi connectivity index (χ4v) is 4.17. The van der Waals surface area contributed by atoms with Crippen molar-refractivity contribution in [1.82, 2.24) is 10.3 Å². The third kappa shape index (κ3) is 4.26. The number of hydrogen-bond acceptors (Lipinski definition) is 6. The summed E-state index contributed by atoms with van der Waals surface area (Å²) in [5.41, 5.74) is 4.51. The van der Waals surface area contributed by atoms with E-state index in [-0.39, 0.29) is 23.4 Å². The van der Waals surface area contributed by atoms with Gasteiger partial charge in [-0.3, -0.25) is 14.9 Å². The highest BCUT2D eigenvalue weighted by atomic mass is 32.1. The Hall–Kier alpha value is -3.72. The lowest BCUT2D eigenvalue weighted by molar-refractivity contribution is -0.138. The van der Waals surface area contributed by atoms with Gasteiger partial charge in [0, 0.05) is 11.3 Å². The van der Waals surface area contributed by atoms with E-state index < -0.39 is 24.0 Å². The Labute approximate surface area is 181 Å². The zero-order valence-electron chi connectivity index (χ0n) is 16.5. The number of carboxylic acid groups (broad SMARTS) is 1. The first-order valence-corrected chi connectivity index (χ1v) is 10.4. The average Bonchev–Trinajstić information content (AvgIpc) is 3.35. The molecule has 1 aliphatic rings. The van der Waals surface area contributed by atoms with Crippen molar-refractivity contribution in [3.05, 3.63) is 70.7 Å². The number of carbonyl (C=O) groups excluding carboxylic acids is 2. The number of thiazole rings is 1. The number of fused-ring (bicyclic) bond motifs is 3. The van der Waals surface area contributed by atoms with Crippen molar-refractivity contribution in [2.45, 2.75) is 18.9 Å². The van der Waals surface area contributed by atoms with Crippen molar-refractivity contribution in [1.29, 1.82) is 0 Å². The Morgan fingerprint density at radius 3 is 2.32 bits per heavy atom. The first-order chi connectivity index (χ1) is 14.9. The van der Waals surface area contributed by atoms with Crippen molar-refractivity contribution < 1.29 is 24.2 Å². The molecule has 2 aromatic carbocycles. The summed E-state index contributed by atoms with van der Waals surface area (Å²) in [6.07, 6.45) is -0.679. The molecule has 8 nitrogen and oxygen atoms in total. The van der Waals surface area contributed by atoms with E-state index in [1.807, 2.05) is 36.4 Å². The molecule has 0 spiro atoms. The second-order valence-electron chi connectivity index (χ2n) is 7.02. The van der Waals surface area contributed by atoms with Crippen molar-refractivity contribution in [2.24, 2.45) is 0 Å². The minimum atomic E-state index is -1.15. The fourth-order valence-electron chi connectivity index (χ4n) is 3.49. The number of hydrogen-bond donors (Lipinski definition) is 3. The summed E-state index contributed by atoms with van der Waals surface area (Å²) in [5.74, 6) is -1.85. The highest BCUT2D eigenvalue weighted by molar-refractivity contribution is 7.14. The molecule has 2 amide bonds. The van der Waals surface area contributed by atoms with E-state index >= 15 is 0 Å². The number of anilines is 1. The number of nitrogens with one attached hydrogen (secondary N) is 2. The Morgan fingerprint density at radius 1 is 1.10 bits per heavy atom. The number of ether oxygens (including phenoxy) is 1. The van der Waals surface area contributed by atoms with Crippen LogP contribution in [0.5, 0.6) is 0 Å². The van der Waals surface area contributed by atoms with Crippen molar-refractivity contribution in [2.75, 3.05) is 11.9 Å². The van der Waals surface area contributed by atoms with Gasteiger partial charge in [-0.1, -0.05) is 48.5 Å². The molecular weight excluding hydrogens is 418 g/mol. The third-order valence-corrected chi connectivity index (χ3v) is 5.77. The maximum Gasteiger partial charge on any atom is 0.413 e. The van der Waals surface area contributed by atoms with E-state index in [2.05, 4.69) is 27.8 Å². The van der Waals surface area contributed by atoms with Gasteiger partial charge in [-0.25, -0.2) is 9.78 Å². The van der Waals surface area contributed by atoms with Gasteiger partial charge in [0.25, 0.3) is 5.91 Å². The summed E-state index contributed by atoms with van der Waals surface area (Å²) in [4.78, 5) is 39.2. The molecule has 1 atom stereocenters. The van der Waals surface area contributed by atoms with Gasteiger partial charge in [0.15, 0.2) is 5.13 Å². The Bertz CT molecular complexity index is 1110. The molecule has 31 heavy (non-hydrogen) atoms. The lowest BCUT2D eigenvalue weighted by atomic mass is 9.98. The number of aliphatic carboxylic acids is 1. The van der Waals surface area contributed by atoms with Gasteiger partial charge < -0.3 is 15.2 Å². The molecule has 1 aromatic heterocycles. The predicted octanol–water partition coefficient (Wildman–Crippen LogP) is 3.71. The SMILES string of the molecule is C[C@H](NC(=O)c1csc(NC(=O)OCC2c3ccccc3-c3ccccc32)n1)C(=O)O. The number of amides is 2. The highest BCUT2D eigenvalue weighted by Crippen LogP contribution is 2.44. The average molecular weight is 437 g/mol. The van der Waals surface area contributed by atoms with Crippen LogP contribution in [0.2, 0.25) is 0 Å². The summed E-state index contributed by atoms with van der Waals surface area (Å²) in [6.45, 7) is 1.51. The Balaban J connectivity index is 1.38. The van der Waals surface area contributed by atoms with Crippen LogP contribution in [-0.2, 0) is 9.53 Å². The fraction of sp³-hybridized carbons (Fsp3) is 0.182. The second kappa shape index (κ2) is 8.57. The Kier molecular flexibility index (Phi) is 5.68. The van der Waals surface area contributed by atoms with E-state index in [0.29, 0.717) is 0 Å². The minimum absolute atomic E-state index is 0.0204. The molecule has 3 aromatic rings. The summed E-state index contributed by atoms with van der Waals surface area (Å²) in [6, 6.07) is 15.0. The van der Waals surface area contributed by atoms with Gasteiger partial charge >= 0.3 is 12.1 Å². The number of carbonyl (C=O) groups is 3. The Morgan fingerprint density at radius 2 is 1.71 bits per heavy atom. The number of benzene rings is 2. The van der Waals surface area contributed by atoms with Crippen LogP contribution >= 0.6 is 11.3 Å². The van der Waals surface area contributed by atoms with Gasteiger partial charge in [-0.2, -0.15) is 0 Å². The normalized spacial score (nSPS) is 13.1. The lowest BCUT2D eigenvalue weighted by Gasteiger charge is -2.14. The first kappa shape index (κ1) is 20.5. The molecule has 0 saturated heterocycles. The van der Waals surface area contributed by atoms with Crippen LogP contribution < -0.4 is 10.6 Å². The number of nitrogens with zero attached hydrogens (tertiary/aromatic N) is 1. The molecule has 0 bridgehead atoms. The quantitative estimate of drug-likeness (QED) is 0.541. The van der Waals surface area contributed by atoms with Gasteiger partial charge in [0.2, 0.25) is 0 Å². The van der Waals surface area contributed by atoms with Crippen LogP contribution in [0.25, 0.3) is 11.1 Å². The zero-order chi connectivity index (χ0) is 22.0. The van der Waals surface area contributed by atoms with E-state index in [0.717, 1.165) is 33.6 Å². The molecule has 3 N–H and O–H groups in total. The predicted molar refractivity (Wildman–Crippen MR) is 115 cm³/mol. The molecule has 9 heteroatoms. The van der Waals surface area contributed by atoms with Gasteiger partial charge in [0.1, 0.15) is 18.3 Å². The first-order valence-electron chi connectivity index (χ1n) is 9.55. The maximum atomic E-state index is 12.3. The summed E-state index contributed by atoms with van der Waals surface area (Å²) in [7, 11) is 0. The number of aromatic nitrogens is 1. The molecule has 1 heterocycles. The van der Waals surface area contributed by atoms with Gasteiger partial charge in [-0.05, 0) is 29.2 Å². The maximum absolute atomic E-state index is 12.3. The largest absolute Gasteiger partial charge is 0.480 e. The lowest BCUT2D eigenvalue weighted by Crippen LogP contribution is -2.38. The third-order valence-electron chi connectivity index (χ3n) is 5.01. The van der Waals surface area contributed by atoms with E-state index in [9.17, 15) is 14.4 Å². The molecule has 4 rings (SSSR count). The summed E-state index contributed by atoms with van der Waals surface area (Å²) >= 11 is 1.05. The van der Waals surface area contributed by atoms with E-state index in [1.54, 1.807) is 0 Å². The zero-order valence-corrected chi connectivity index (χ0v) is 17.3. The molecular formula is C22H19N3O5S. The molecule has 0 saturated carbocycles. The minimum Gasteiger partial charge on any atom is -0.480 e. The van der Waals surface area contributed by atoms with E-state index in [4.69, 9.17) is 9.84 Å². The molecule has 0 unspecified atom stereocenters. The topological polar surface area (TPSA) is 118 Å². The van der Waals surface area contributed by atoms with Crippen molar-refractivity contribution >= 4 is 34.4 Å². The van der Waals surface area contributed by atoms with Crippen LogP contribution in [0.15, 0.2) is 53.9 Å². The number of rotatable bonds is 6. The molecule has 158 valence electrons. The molecule has 0 radical (unpaired) electrons. The molecule has 0 fully saturated rings. The smallest absolute Gasteiger partial charge is 0.413 e.